The molecule has 3 N–H and O–H groups in total. The van der Waals surface area contributed by atoms with Crippen LogP contribution in [0.25, 0.3) is 11.5 Å². The summed E-state index contributed by atoms with van der Waals surface area (Å²) in [7, 11) is 0. The van der Waals surface area contributed by atoms with Crippen molar-refractivity contribution in [3.8, 4) is 11.5 Å². The van der Waals surface area contributed by atoms with Gasteiger partial charge in [-0.25, -0.2) is 9.78 Å². The van der Waals surface area contributed by atoms with E-state index in [2.05, 4.69) is 43.0 Å². The minimum absolute atomic E-state index is 0.173. The van der Waals surface area contributed by atoms with Crippen LogP contribution in [0.15, 0.2) is 36.5 Å². The number of rotatable bonds is 5. The summed E-state index contributed by atoms with van der Waals surface area (Å²) >= 11 is 0. The molecule has 7 nitrogen and oxygen atoms in total. The predicted molar refractivity (Wildman–Crippen MR) is 95.6 cm³/mol. The fourth-order valence-corrected chi connectivity index (χ4v) is 2.89. The number of nitrogens with one attached hydrogen (secondary N) is 3. The molecule has 3 rings (SSSR count). The van der Waals surface area contributed by atoms with Gasteiger partial charge in [0.25, 0.3) is 0 Å². The van der Waals surface area contributed by atoms with E-state index in [1.54, 1.807) is 6.20 Å². The Morgan fingerprint density at radius 1 is 1.20 bits per heavy atom. The topological polar surface area (TPSA) is 95.6 Å². The first-order valence-electron chi connectivity index (χ1n) is 8.80. The average Bonchev–Trinajstić information content (AvgIpc) is 3.09. The van der Waals surface area contributed by atoms with Crippen molar-refractivity contribution in [1.82, 2.24) is 30.8 Å². The normalized spacial score (nSPS) is 17.5. The standard InChI is InChI=1S/C18H24N6O/c25-18(20-12-14-8-4-2-1-3-5-9-14)21-13-16-22-17(24-23-16)15-10-6-7-11-19-15/h1-2,6-7,10-11,14H,3-5,8-9,12-13H2,(H2,20,21,25)(H,22,23,24). The number of H-pyrrole nitrogens is 1. The Morgan fingerprint density at radius 3 is 3.00 bits per heavy atom. The second-order valence-electron chi connectivity index (χ2n) is 6.23. The SMILES string of the molecule is O=C(NCc1nc(-c2ccccn2)n[nH]1)NCC1CCC=CCCC1. The van der Waals surface area contributed by atoms with Gasteiger partial charge >= 0.3 is 6.03 Å². The lowest BCUT2D eigenvalue weighted by molar-refractivity contribution is 0.237. The molecule has 1 aliphatic carbocycles. The van der Waals surface area contributed by atoms with E-state index in [1.165, 1.54) is 12.8 Å². The molecule has 0 bridgehead atoms. The van der Waals surface area contributed by atoms with E-state index in [9.17, 15) is 4.79 Å². The van der Waals surface area contributed by atoms with Gasteiger partial charge in [-0.3, -0.25) is 10.1 Å². The third-order valence-electron chi connectivity index (χ3n) is 4.28. The molecule has 25 heavy (non-hydrogen) atoms. The van der Waals surface area contributed by atoms with Crippen molar-refractivity contribution in [2.45, 2.75) is 38.6 Å². The third-order valence-corrected chi connectivity index (χ3v) is 4.28. The Morgan fingerprint density at radius 2 is 2.12 bits per heavy atom. The highest BCUT2D eigenvalue weighted by atomic mass is 16.2. The molecule has 2 amide bonds. The smallest absolute Gasteiger partial charge is 0.315 e. The number of carbonyl (C=O) groups excluding carboxylic acids is 1. The second-order valence-corrected chi connectivity index (χ2v) is 6.23. The quantitative estimate of drug-likeness (QED) is 0.729. The number of aromatic amines is 1. The Kier molecular flexibility index (Phi) is 6.14. The van der Waals surface area contributed by atoms with Gasteiger partial charge in [0.05, 0.1) is 6.54 Å². The molecule has 0 spiro atoms. The number of pyridine rings is 1. The number of nitrogens with zero attached hydrogens (tertiary/aromatic N) is 3. The van der Waals surface area contributed by atoms with E-state index < -0.39 is 0 Å². The van der Waals surface area contributed by atoms with E-state index in [4.69, 9.17) is 0 Å². The minimum Gasteiger partial charge on any atom is -0.338 e. The van der Waals surface area contributed by atoms with Gasteiger partial charge in [0.1, 0.15) is 11.5 Å². The lowest BCUT2D eigenvalue weighted by Gasteiger charge is -2.18. The van der Waals surface area contributed by atoms with Crippen molar-refractivity contribution in [1.29, 1.82) is 0 Å². The van der Waals surface area contributed by atoms with E-state index in [1.807, 2.05) is 18.2 Å². The number of hydrogen-bond acceptors (Lipinski definition) is 4. The Labute approximate surface area is 147 Å². The summed E-state index contributed by atoms with van der Waals surface area (Å²) in [6.45, 7) is 1.02. The van der Waals surface area contributed by atoms with Crippen LogP contribution in [0, 0.1) is 5.92 Å². The van der Waals surface area contributed by atoms with Crippen molar-refractivity contribution in [2.24, 2.45) is 5.92 Å². The van der Waals surface area contributed by atoms with Crippen LogP contribution in [0.3, 0.4) is 0 Å². The van der Waals surface area contributed by atoms with Crippen molar-refractivity contribution in [3.05, 3.63) is 42.4 Å². The van der Waals surface area contributed by atoms with E-state index >= 15 is 0 Å². The van der Waals surface area contributed by atoms with Crippen LogP contribution in [-0.2, 0) is 6.54 Å². The van der Waals surface area contributed by atoms with Crippen molar-refractivity contribution in [2.75, 3.05) is 6.54 Å². The molecule has 7 heteroatoms. The monoisotopic (exact) mass is 340 g/mol. The average molecular weight is 340 g/mol. The summed E-state index contributed by atoms with van der Waals surface area (Å²) < 4.78 is 0. The van der Waals surface area contributed by atoms with Gasteiger partial charge in [-0.15, -0.1) is 0 Å². The lowest BCUT2D eigenvalue weighted by atomic mass is 9.94. The maximum absolute atomic E-state index is 12.0. The first-order valence-corrected chi connectivity index (χ1v) is 8.80. The first kappa shape index (κ1) is 17.1. The number of hydrogen-bond donors (Lipinski definition) is 3. The van der Waals surface area contributed by atoms with E-state index in [-0.39, 0.29) is 6.03 Å². The van der Waals surface area contributed by atoms with Gasteiger partial charge in [-0.1, -0.05) is 18.2 Å². The fraction of sp³-hybridized carbons (Fsp3) is 0.444. The largest absolute Gasteiger partial charge is 0.338 e. The summed E-state index contributed by atoms with van der Waals surface area (Å²) in [4.78, 5) is 20.5. The molecule has 2 aromatic heterocycles. The zero-order valence-electron chi connectivity index (χ0n) is 14.2. The molecule has 1 atom stereocenters. The highest BCUT2D eigenvalue weighted by Gasteiger charge is 2.12. The van der Waals surface area contributed by atoms with Crippen LogP contribution in [0.5, 0.6) is 0 Å². The summed E-state index contributed by atoms with van der Waals surface area (Å²) in [5.74, 6) is 1.68. The van der Waals surface area contributed by atoms with Crippen LogP contribution in [0.4, 0.5) is 4.79 Å². The van der Waals surface area contributed by atoms with Gasteiger partial charge in [0.15, 0.2) is 5.82 Å². The van der Waals surface area contributed by atoms with Gasteiger partial charge in [-0.05, 0) is 50.2 Å². The molecule has 0 aliphatic heterocycles. The molecule has 0 saturated carbocycles. The molecule has 0 saturated heterocycles. The second kappa shape index (κ2) is 8.96. The Hall–Kier alpha value is -2.70. The molecular weight excluding hydrogens is 316 g/mol. The van der Waals surface area contributed by atoms with E-state index in [0.717, 1.165) is 25.8 Å². The van der Waals surface area contributed by atoms with Crippen LogP contribution in [0.1, 0.15) is 37.9 Å². The van der Waals surface area contributed by atoms with Crippen LogP contribution < -0.4 is 10.6 Å². The highest BCUT2D eigenvalue weighted by molar-refractivity contribution is 5.73. The number of urea groups is 1. The minimum atomic E-state index is -0.173. The molecule has 0 aromatic carbocycles. The van der Waals surface area contributed by atoms with Gasteiger partial charge in [-0.2, -0.15) is 5.10 Å². The third kappa shape index (κ3) is 5.41. The summed E-state index contributed by atoms with van der Waals surface area (Å²) in [5, 5.41) is 12.7. The molecule has 2 heterocycles. The predicted octanol–water partition coefficient (Wildman–Crippen LogP) is 2.80. The number of aromatic nitrogens is 4. The Bertz CT molecular complexity index is 697. The van der Waals surface area contributed by atoms with Crippen molar-refractivity contribution >= 4 is 6.03 Å². The zero-order valence-corrected chi connectivity index (χ0v) is 14.2. The fourth-order valence-electron chi connectivity index (χ4n) is 2.89. The molecule has 0 radical (unpaired) electrons. The van der Waals surface area contributed by atoms with Crippen LogP contribution >= 0.6 is 0 Å². The first-order chi connectivity index (χ1) is 12.3. The van der Waals surface area contributed by atoms with Crippen LogP contribution in [-0.4, -0.2) is 32.7 Å². The maximum atomic E-state index is 12.0. The lowest BCUT2D eigenvalue weighted by Crippen LogP contribution is -2.38. The molecule has 132 valence electrons. The highest BCUT2D eigenvalue weighted by Crippen LogP contribution is 2.17. The van der Waals surface area contributed by atoms with Crippen LogP contribution in [0.2, 0.25) is 0 Å². The van der Waals surface area contributed by atoms with Gasteiger partial charge < -0.3 is 10.6 Å². The number of carbonyl (C=O) groups is 1. The molecular formula is C18H24N6O. The van der Waals surface area contributed by atoms with Crippen molar-refractivity contribution in [3.63, 3.8) is 0 Å². The van der Waals surface area contributed by atoms with Gasteiger partial charge in [0.2, 0.25) is 0 Å². The molecule has 1 aliphatic rings. The van der Waals surface area contributed by atoms with Gasteiger partial charge in [0, 0.05) is 12.7 Å². The molecule has 1 unspecified atom stereocenters. The summed E-state index contributed by atoms with van der Waals surface area (Å²) in [6, 6.07) is 5.40. The molecule has 0 fully saturated rings. The Balaban J connectivity index is 1.42. The maximum Gasteiger partial charge on any atom is 0.315 e. The number of allylic oxidation sites excluding steroid dienone is 2. The number of amides is 2. The summed E-state index contributed by atoms with van der Waals surface area (Å²) in [6.07, 6.45) is 11.9. The summed E-state index contributed by atoms with van der Waals surface area (Å²) in [5.41, 5.74) is 0.702. The molecule has 2 aromatic rings. The van der Waals surface area contributed by atoms with Crippen molar-refractivity contribution < 1.29 is 4.79 Å². The van der Waals surface area contributed by atoms with E-state index in [0.29, 0.717) is 29.8 Å². The zero-order chi connectivity index (χ0) is 17.3.